The molecule has 1 saturated heterocycles. The van der Waals surface area contributed by atoms with Gasteiger partial charge in [0.1, 0.15) is 0 Å². The van der Waals surface area contributed by atoms with Gasteiger partial charge in [0.05, 0.1) is 13.2 Å². The van der Waals surface area contributed by atoms with Crippen molar-refractivity contribution in [2.75, 3.05) is 39.8 Å². The van der Waals surface area contributed by atoms with E-state index in [-0.39, 0.29) is 18.4 Å². The molecule has 2 amide bonds. The molecule has 0 aromatic heterocycles. The molecule has 1 N–H and O–H groups in total. The first-order chi connectivity index (χ1) is 15.5. The maximum absolute atomic E-state index is 11.4. The molecule has 0 aromatic carbocycles. The minimum atomic E-state index is -0.389. The second-order valence-electron chi connectivity index (χ2n) is 9.01. The molecule has 1 fully saturated rings. The molecule has 0 bridgehead atoms. The van der Waals surface area contributed by atoms with Gasteiger partial charge in [-0.25, -0.2) is 4.79 Å². The normalized spacial score (nSPS) is 13.4. The predicted molar refractivity (Wildman–Crippen MR) is 139 cm³/mol. The summed E-state index contributed by atoms with van der Waals surface area (Å²) in [5, 5.41) is 2.28. The lowest BCUT2D eigenvalue weighted by molar-refractivity contribution is -0.138. The molecule has 0 aliphatic carbocycles. The van der Waals surface area contributed by atoms with Crippen LogP contribution in [0.1, 0.15) is 88.0 Å². The second kappa shape index (κ2) is 24.7. The first-order valence-electron chi connectivity index (χ1n) is 12.5. The SMILES string of the molecule is CC(C)C.CC(C)N1CCCCC1.CCC.CCOC(=O)/C(C)=C/CN(C)C(=O)CNC=O. The summed E-state index contributed by atoms with van der Waals surface area (Å²) in [5.41, 5.74) is 0.454. The van der Waals surface area contributed by atoms with Crippen LogP contribution in [0.25, 0.3) is 0 Å². The molecule has 0 saturated carbocycles. The fraction of sp³-hybridized carbons (Fsp3) is 0.808. The molecule has 1 aliphatic rings. The highest BCUT2D eigenvalue weighted by Crippen LogP contribution is 2.10. The Labute approximate surface area is 204 Å². The third kappa shape index (κ3) is 26.2. The van der Waals surface area contributed by atoms with E-state index in [2.05, 4.69) is 58.7 Å². The minimum Gasteiger partial charge on any atom is -0.463 e. The third-order valence-corrected chi connectivity index (χ3v) is 4.15. The number of carbonyl (C=O) groups excluding carboxylic acids is 3. The van der Waals surface area contributed by atoms with E-state index in [1.165, 1.54) is 43.7 Å². The topological polar surface area (TPSA) is 79.0 Å². The Balaban J connectivity index is -0.000000464. The summed E-state index contributed by atoms with van der Waals surface area (Å²) < 4.78 is 4.79. The molecule has 0 aromatic rings. The van der Waals surface area contributed by atoms with Crippen molar-refractivity contribution in [3.8, 4) is 0 Å². The summed E-state index contributed by atoms with van der Waals surface area (Å²) in [5.74, 6) is 0.212. The van der Waals surface area contributed by atoms with Crippen molar-refractivity contribution < 1.29 is 19.1 Å². The van der Waals surface area contributed by atoms with Gasteiger partial charge in [0.15, 0.2) is 0 Å². The molecule has 1 aliphatic heterocycles. The van der Waals surface area contributed by atoms with Gasteiger partial charge in [0, 0.05) is 25.2 Å². The molecular weight excluding hydrogens is 418 g/mol. The molecule has 196 valence electrons. The van der Waals surface area contributed by atoms with E-state index >= 15 is 0 Å². The van der Waals surface area contributed by atoms with Gasteiger partial charge in [-0.2, -0.15) is 0 Å². The number of likely N-dealkylation sites (tertiary alicyclic amines) is 1. The third-order valence-electron chi connectivity index (χ3n) is 4.15. The minimum absolute atomic E-state index is 0.0493. The number of piperidine rings is 1. The molecule has 1 rings (SSSR count). The average Bonchev–Trinajstić information content (AvgIpc) is 2.76. The summed E-state index contributed by atoms with van der Waals surface area (Å²) in [6, 6.07) is 0.769. The molecule has 33 heavy (non-hydrogen) atoms. The summed E-state index contributed by atoms with van der Waals surface area (Å²) in [7, 11) is 1.59. The standard InChI is InChI=1S/C11H18N2O4.C8H17N.C4H10.C3H8/c1-4-17-11(16)9(2)5-6-13(3)10(15)7-12-8-14;1-8(2)9-6-4-3-5-7-9;1-4(2)3;1-3-2/h5,8H,4,6-7H2,1-3H3,(H,12,14);8H,3-7H2,1-2H3;4H,1-3H3;3H2,1-2H3/b9-5+;;;. The highest BCUT2D eigenvalue weighted by Gasteiger charge is 2.11. The van der Waals surface area contributed by atoms with Crippen molar-refractivity contribution in [2.24, 2.45) is 5.92 Å². The van der Waals surface area contributed by atoms with Crippen LogP contribution in [-0.2, 0) is 19.1 Å². The monoisotopic (exact) mass is 471 g/mol. The first kappa shape index (κ1) is 35.7. The molecule has 7 nitrogen and oxygen atoms in total. The number of amides is 2. The molecular formula is C26H53N3O4. The largest absolute Gasteiger partial charge is 0.463 e. The van der Waals surface area contributed by atoms with Gasteiger partial charge < -0.3 is 19.9 Å². The second-order valence-corrected chi connectivity index (χ2v) is 9.01. The summed E-state index contributed by atoms with van der Waals surface area (Å²) in [4.78, 5) is 36.6. The fourth-order valence-electron chi connectivity index (χ4n) is 2.40. The van der Waals surface area contributed by atoms with Crippen LogP contribution in [0, 0.1) is 5.92 Å². The lowest BCUT2D eigenvalue weighted by Crippen LogP contribution is -2.35. The van der Waals surface area contributed by atoms with Gasteiger partial charge in [0.2, 0.25) is 12.3 Å². The van der Waals surface area contributed by atoms with Crippen molar-refractivity contribution in [1.82, 2.24) is 15.1 Å². The van der Waals surface area contributed by atoms with E-state index in [1.807, 2.05) is 0 Å². The Morgan fingerprint density at radius 2 is 1.52 bits per heavy atom. The Morgan fingerprint density at radius 3 is 1.88 bits per heavy atom. The average molecular weight is 472 g/mol. The maximum Gasteiger partial charge on any atom is 0.333 e. The number of likely N-dealkylation sites (N-methyl/N-ethyl adjacent to an activating group) is 1. The van der Waals surface area contributed by atoms with Crippen molar-refractivity contribution >= 4 is 18.3 Å². The highest BCUT2D eigenvalue weighted by atomic mass is 16.5. The molecule has 0 radical (unpaired) electrons. The lowest BCUT2D eigenvalue weighted by atomic mass is 10.1. The van der Waals surface area contributed by atoms with Crippen molar-refractivity contribution in [3.63, 3.8) is 0 Å². The molecule has 0 spiro atoms. The maximum atomic E-state index is 11.4. The lowest BCUT2D eigenvalue weighted by Gasteiger charge is -2.29. The Hall–Kier alpha value is -1.89. The van der Waals surface area contributed by atoms with E-state index in [0.717, 1.165) is 12.0 Å². The number of nitrogens with zero attached hydrogens (tertiary/aromatic N) is 2. The van der Waals surface area contributed by atoms with Gasteiger partial charge in [-0.05, 0) is 59.5 Å². The van der Waals surface area contributed by atoms with E-state index < -0.39 is 0 Å². The zero-order valence-corrected chi connectivity index (χ0v) is 23.2. The van der Waals surface area contributed by atoms with Crippen molar-refractivity contribution in [3.05, 3.63) is 11.6 Å². The summed E-state index contributed by atoms with van der Waals surface area (Å²) >= 11 is 0. The van der Waals surface area contributed by atoms with Crippen molar-refractivity contribution in [2.45, 2.75) is 94.0 Å². The number of hydrogen-bond acceptors (Lipinski definition) is 5. The Bertz CT molecular complexity index is 511. The molecule has 1 heterocycles. The van der Waals surface area contributed by atoms with Gasteiger partial charge in [-0.15, -0.1) is 0 Å². The number of nitrogens with one attached hydrogen (secondary N) is 1. The van der Waals surface area contributed by atoms with Crippen LogP contribution >= 0.6 is 0 Å². The van der Waals surface area contributed by atoms with Crippen LogP contribution < -0.4 is 5.32 Å². The van der Waals surface area contributed by atoms with Crippen LogP contribution in [0.3, 0.4) is 0 Å². The first-order valence-corrected chi connectivity index (χ1v) is 12.5. The number of ether oxygens (including phenoxy) is 1. The number of carbonyl (C=O) groups is 3. The smallest absolute Gasteiger partial charge is 0.333 e. The Kier molecular flexibility index (Phi) is 26.8. The van der Waals surface area contributed by atoms with E-state index in [0.29, 0.717) is 25.1 Å². The zero-order valence-electron chi connectivity index (χ0n) is 23.2. The van der Waals surface area contributed by atoms with Crippen LogP contribution in [0.5, 0.6) is 0 Å². The quantitative estimate of drug-likeness (QED) is 0.316. The van der Waals surface area contributed by atoms with Gasteiger partial charge in [-0.3, -0.25) is 9.59 Å². The summed E-state index contributed by atoms with van der Waals surface area (Å²) in [6.07, 6.45) is 7.60. The van der Waals surface area contributed by atoms with Gasteiger partial charge in [-0.1, -0.05) is 53.5 Å². The summed E-state index contributed by atoms with van der Waals surface area (Å²) in [6.45, 7) is 21.9. The Morgan fingerprint density at radius 1 is 1.03 bits per heavy atom. The highest BCUT2D eigenvalue weighted by molar-refractivity contribution is 5.88. The fourth-order valence-corrected chi connectivity index (χ4v) is 2.40. The van der Waals surface area contributed by atoms with Gasteiger partial charge in [0.25, 0.3) is 0 Å². The van der Waals surface area contributed by atoms with Gasteiger partial charge >= 0.3 is 5.97 Å². The molecule has 7 heteroatoms. The van der Waals surface area contributed by atoms with Crippen LogP contribution in [-0.4, -0.2) is 74.0 Å². The van der Waals surface area contributed by atoms with Crippen LogP contribution in [0.15, 0.2) is 11.6 Å². The zero-order chi connectivity index (χ0) is 26.2. The molecule has 0 atom stereocenters. The van der Waals surface area contributed by atoms with E-state index in [9.17, 15) is 14.4 Å². The molecule has 0 unspecified atom stereocenters. The number of esters is 1. The van der Waals surface area contributed by atoms with Crippen molar-refractivity contribution in [1.29, 1.82) is 0 Å². The van der Waals surface area contributed by atoms with Crippen LogP contribution in [0.2, 0.25) is 0 Å². The predicted octanol–water partition coefficient (Wildman–Crippen LogP) is 4.66. The van der Waals surface area contributed by atoms with Crippen LogP contribution in [0.4, 0.5) is 0 Å². The number of hydrogen-bond donors (Lipinski definition) is 1. The van der Waals surface area contributed by atoms with E-state index in [1.54, 1.807) is 27.0 Å². The van der Waals surface area contributed by atoms with E-state index in [4.69, 9.17) is 4.74 Å². The number of rotatable bonds is 8.